The number of aromatic nitrogens is 4. The molecule has 172 valence electrons. The minimum atomic E-state index is -3.67. The third-order valence-electron chi connectivity index (χ3n) is 6.15. The molecular weight excluding hydrogens is 440 g/mol. The number of sulfonamides is 1. The molecule has 4 aromatic rings. The number of hydrogen-bond donors (Lipinski definition) is 2. The van der Waals surface area contributed by atoms with Gasteiger partial charge >= 0.3 is 0 Å². The van der Waals surface area contributed by atoms with E-state index in [2.05, 4.69) is 20.0 Å². The Labute approximate surface area is 192 Å². The van der Waals surface area contributed by atoms with Crippen LogP contribution in [0.1, 0.15) is 11.3 Å². The molecule has 10 heteroatoms. The number of quaternary nitrogens is 1. The first-order valence-corrected chi connectivity index (χ1v) is 12.5. The summed E-state index contributed by atoms with van der Waals surface area (Å²) < 4.78 is 36.0. The van der Waals surface area contributed by atoms with Crippen molar-refractivity contribution in [1.29, 1.82) is 0 Å². The lowest BCUT2D eigenvalue weighted by molar-refractivity contribution is -0.906. The summed E-state index contributed by atoms with van der Waals surface area (Å²) in [5.74, 6) is 0.507. The van der Waals surface area contributed by atoms with Crippen LogP contribution in [0.25, 0.3) is 27.8 Å². The summed E-state index contributed by atoms with van der Waals surface area (Å²) in [4.78, 5) is 1.59. The third-order valence-corrected chi connectivity index (χ3v) is 7.76. The van der Waals surface area contributed by atoms with Crippen molar-refractivity contribution >= 4 is 26.4 Å². The summed E-state index contributed by atoms with van der Waals surface area (Å²) in [7, 11) is -3.67. The van der Waals surface area contributed by atoms with Gasteiger partial charge < -0.3 is 9.64 Å². The smallest absolute Gasteiger partial charge is 0.241 e. The molecule has 1 saturated heterocycles. The van der Waals surface area contributed by atoms with Gasteiger partial charge in [0.05, 0.1) is 36.9 Å². The highest BCUT2D eigenvalue weighted by Crippen LogP contribution is 2.27. The van der Waals surface area contributed by atoms with Gasteiger partial charge in [-0.15, -0.1) is 10.2 Å². The number of aryl methyl sites for hydroxylation is 2. The van der Waals surface area contributed by atoms with E-state index in [1.807, 2.05) is 37.3 Å². The Bertz CT molecular complexity index is 1430. The second-order valence-corrected chi connectivity index (χ2v) is 10.1. The maximum atomic E-state index is 13.1. The average molecular weight is 468 g/mol. The van der Waals surface area contributed by atoms with E-state index in [9.17, 15) is 8.42 Å². The first kappa shape index (κ1) is 21.9. The minimum absolute atomic E-state index is 0.242. The molecule has 5 rings (SSSR count). The molecule has 0 spiro atoms. The molecule has 1 fully saturated rings. The zero-order valence-corrected chi connectivity index (χ0v) is 19.5. The number of benzene rings is 2. The van der Waals surface area contributed by atoms with Crippen LogP contribution in [0.3, 0.4) is 0 Å². The lowest BCUT2D eigenvalue weighted by atomic mass is 10.1. The highest BCUT2D eigenvalue weighted by molar-refractivity contribution is 7.89. The van der Waals surface area contributed by atoms with Crippen molar-refractivity contribution < 1.29 is 18.1 Å². The number of ether oxygens (including phenoxy) is 1. The summed E-state index contributed by atoms with van der Waals surface area (Å²) >= 11 is 0. The third kappa shape index (κ3) is 4.22. The van der Waals surface area contributed by atoms with Gasteiger partial charge in [-0.1, -0.05) is 36.4 Å². The molecule has 1 aliphatic rings. The molecule has 0 radical (unpaired) electrons. The zero-order chi connectivity index (χ0) is 23.0. The van der Waals surface area contributed by atoms with E-state index in [0.717, 1.165) is 49.3 Å². The predicted molar refractivity (Wildman–Crippen MR) is 125 cm³/mol. The maximum Gasteiger partial charge on any atom is 0.241 e. The van der Waals surface area contributed by atoms with Crippen molar-refractivity contribution in [2.45, 2.75) is 18.7 Å². The van der Waals surface area contributed by atoms with Crippen molar-refractivity contribution in [3.05, 3.63) is 53.7 Å². The fourth-order valence-corrected chi connectivity index (χ4v) is 5.60. The molecule has 1 aliphatic heterocycles. The van der Waals surface area contributed by atoms with Crippen molar-refractivity contribution in [3.63, 3.8) is 0 Å². The van der Waals surface area contributed by atoms with Crippen molar-refractivity contribution in [2.24, 2.45) is 0 Å². The van der Waals surface area contributed by atoms with E-state index >= 15 is 0 Å². The largest absolute Gasteiger partial charge is 0.370 e. The molecule has 0 amide bonds. The monoisotopic (exact) mass is 467 g/mol. The molecule has 0 atom stereocenters. The Kier molecular flexibility index (Phi) is 5.83. The van der Waals surface area contributed by atoms with Crippen molar-refractivity contribution in [2.75, 3.05) is 39.4 Å². The summed E-state index contributed by atoms with van der Waals surface area (Å²) in [6.07, 6.45) is 0. The Morgan fingerprint density at radius 1 is 1.06 bits per heavy atom. The number of nitrogens with zero attached hydrogens (tertiary/aromatic N) is 4. The Balaban J connectivity index is 1.47. The number of fused-ring (bicyclic) bond motifs is 3. The van der Waals surface area contributed by atoms with Crippen LogP contribution < -0.4 is 9.62 Å². The topological polar surface area (TPSA) is 103 Å². The summed E-state index contributed by atoms with van der Waals surface area (Å²) in [5, 5.41) is 15.3. The number of rotatable bonds is 6. The molecule has 2 aromatic carbocycles. The second kappa shape index (κ2) is 8.79. The molecule has 2 N–H and O–H groups in total. The van der Waals surface area contributed by atoms with Gasteiger partial charge in [-0.3, -0.25) is 0 Å². The van der Waals surface area contributed by atoms with Crippen LogP contribution in [0.5, 0.6) is 0 Å². The number of hydrogen-bond acceptors (Lipinski definition) is 6. The number of nitrogens with one attached hydrogen (secondary N) is 2. The Morgan fingerprint density at radius 2 is 1.82 bits per heavy atom. The van der Waals surface area contributed by atoms with Gasteiger partial charge in [0.15, 0.2) is 11.5 Å². The van der Waals surface area contributed by atoms with Gasteiger partial charge in [0.2, 0.25) is 10.0 Å². The summed E-state index contributed by atoms with van der Waals surface area (Å²) in [6.45, 7) is 8.08. The van der Waals surface area contributed by atoms with E-state index in [0.29, 0.717) is 29.1 Å². The predicted octanol–water partition coefficient (Wildman–Crippen LogP) is 0.755. The van der Waals surface area contributed by atoms with E-state index in [-0.39, 0.29) is 4.90 Å². The molecule has 33 heavy (non-hydrogen) atoms. The standard InChI is InChI=1S/C23H26N6O3S/c1-16-7-8-18(15-21(16)33(30,31)24-9-10-28-11-13-32-14-12-28)22-25-26-23-20-6-4-3-5-19(20)17(2)27-29(22)23/h3-8,15,24H,9-14H2,1-2H3/p+1. The molecule has 9 nitrogen and oxygen atoms in total. The van der Waals surface area contributed by atoms with Gasteiger partial charge in [0, 0.05) is 16.3 Å². The molecule has 0 saturated carbocycles. The van der Waals surface area contributed by atoms with Gasteiger partial charge in [-0.25, -0.2) is 13.1 Å². The minimum Gasteiger partial charge on any atom is -0.370 e. The average Bonchev–Trinajstić information content (AvgIpc) is 3.24. The van der Waals surface area contributed by atoms with Gasteiger partial charge in [0.25, 0.3) is 0 Å². The van der Waals surface area contributed by atoms with E-state index in [1.54, 1.807) is 23.6 Å². The van der Waals surface area contributed by atoms with Crippen LogP contribution in [0.4, 0.5) is 0 Å². The lowest BCUT2D eigenvalue weighted by Crippen LogP contribution is -3.14. The van der Waals surface area contributed by atoms with Crippen LogP contribution >= 0.6 is 0 Å². The van der Waals surface area contributed by atoms with Gasteiger partial charge in [-0.2, -0.15) is 9.61 Å². The van der Waals surface area contributed by atoms with E-state index in [1.165, 1.54) is 4.90 Å². The van der Waals surface area contributed by atoms with Crippen LogP contribution in [0.15, 0.2) is 47.4 Å². The van der Waals surface area contributed by atoms with Crippen LogP contribution in [0, 0.1) is 13.8 Å². The first-order chi connectivity index (χ1) is 15.9. The summed E-state index contributed by atoms with van der Waals surface area (Å²) in [5.41, 5.74) is 2.82. The maximum absolute atomic E-state index is 13.1. The zero-order valence-electron chi connectivity index (χ0n) is 18.7. The van der Waals surface area contributed by atoms with Crippen LogP contribution in [0.2, 0.25) is 0 Å². The highest BCUT2D eigenvalue weighted by Gasteiger charge is 2.21. The molecule has 0 unspecified atom stereocenters. The fraction of sp³-hybridized carbons (Fsp3) is 0.348. The Morgan fingerprint density at radius 3 is 2.61 bits per heavy atom. The van der Waals surface area contributed by atoms with Crippen molar-refractivity contribution in [1.82, 2.24) is 24.5 Å². The lowest BCUT2D eigenvalue weighted by Gasteiger charge is -2.23. The normalized spacial score (nSPS) is 15.5. The molecule has 0 bridgehead atoms. The SMILES string of the molecule is Cc1ccc(-c2nnc3c4ccccc4c(C)nn23)cc1S(=O)(=O)NCC[NH+]1CCOCC1. The summed E-state index contributed by atoms with van der Waals surface area (Å²) in [6, 6.07) is 13.2. The van der Waals surface area contributed by atoms with E-state index < -0.39 is 10.0 Å². The molecule has 0 aliphatic carbocycles. The van der Waals surface area contributed by atoms with Gasteiger partial charge in [-0.05, 0) is 25.5 Å². The molecule has 3 heterocycles. The second-order valence-electron chi connectivity index (χ2n) is 8.38. The Hall–Kier alpha value is -2.92. The first-order valence-electron chi connectivity index (χ1n) is 11.1. The highest BCUT2D eigenvalue weighted by atomic mass is 32.2. The van der Waals surface area contributed by atoms with E-state index in [4.69, 9.17) is 4.74 Å². The van der Waals surface area contributed by atoms with Crippen LogP contribution in [-0.4, -0.2) is 67.6 Å². The quantitative estimate of drug-likeness (QED) is 0.434. The fourth-order valence-electron chi connectivity index (χ4n) is 4.30. The molecule has 2 aromatic heterocycles. The number of morpholine rings is 1. The van der Waals surface area contributed by atoms with Gasteiger partial charge in [0.1, 0.15) is 13.1 Å². The van der Waals surface area contributed by atoms with Crippen molar-refractivity contribution in [3.8, 4) is 11.4 Å². The molecular formula is C23H27N6O3S+. The van der Waals surface area contributed by atoms with Crippen LogP contribution in [-0.2, 0) is 14.8 Å².